The molecule has 3 aromatic carbocycles. The van der Waals surface area contributed by atoms with Crippen molar-refractivity contribution in [2.24, 2.45) is 5.41 Å². The predicted molar refractivity (Wildman–Crippen MR) is 123 cm³/mol. The molecule has 1 spiro atoms. The Labute approximate surface area is 192 Å². The summed E-state index contributed by atoms with van der Waals surface area (Å²) < 4.78 is 33.0. The molecular formula is C27H26F2N2O2. The molecule has 2 saturated heterocycles. The third kappa shape index (κ3) is 3.84. The molecule has 2 fully saturated rings. The number of piperidine rings is 1. The van der Waals surface area contributed by atoms with Gasteiger partial charge in [-0.1, -0.05) is 36.4 Å². The van der Waals surface area contributed by atoms with Crippen molar-refractivity contribution in [2.75, 3.05) is 31.6 Å². The summed E-state index contributed by atoms with van der Waals surface area (Å²) in [5.74, 6) is -0.816. The second-order valence-corrected chi connectivity index (χ2v) is 8.92. The van der Waals surface area contributed by atoms with Crippen LogP contribution in [-0.2, 0) is 0 Å². The van der Waals surface area contributed by atoms with Crippen LogP contribution in [0.5, 0.6) is 5.75 Å². The minimum atomic E-state index is -0.536. The number of nitrogens with zero attached hydrogens (tertiary/aromatic N) is 2. The van der Waals surface area contributed by atoms with Gasteiger partial charge in [-0.25, -0.2) is 8.78 Å². The van der Waals surface area contributed by atoms with Crippen molar-refractivity contribution < 1.29 is 18.3 Å². The number of hydrogen-bond donors (Lipinski definition) is 0. The number of carbonyl (C=O) groups excluding carboxylic acids is 1. The highest BCUT2D eigenvalue weighted by molar-refractivity contribution is 5.94. The lowest BCUT2D eigenvalue weighted by Crippen LogP contribution is -2.62. The SMILES string of the molecule is COc1ccc(C(=O)N2CCC3(CC2)CN(c2cccc(F)c2)C3c2ccccc2)cc1F. The van der Waals surface area contributed by atoms with Crippen LogP contribution in [0.15, 0.2) is 72.8 Å². The quantitative estimate of drug-likeness (QED) is 0.532. The van der Waals surface area contributed by atoms with E-state index in [2.05, 4.69) is 17.0 Å². The Hall–Kier alpha value is -3.41. The number of anilines is 1. The first-order valence-electron chi connectivity index (χ1n) is 11.2. The highest BCUT2D eigenvalue weighted by Gasteiger charge is 2.54. The molecule has 3 aromatic rings. The molecule has 5 rings (SSSR count). The maximum Gasteiger partial charge on any atom is 0.253 e. The number of hydrogen-bond acceptors (Lipinski definition) is 3. The lowest BCUT2D eigenvalue weighted by Gasteiger charge is -2.61. The topological polar surface area (TPSA) is 32.8 Å². The van der Waals surface area contributed by atoms with E-state index in [0.717, 1.165) is 25.1 Å². The fourth-order valence-electron chi connectivity index (χ4n) is 5.37. The van der Waals surface area contributed by atoms with Crippen LogP contribution in [-0.4, -0.2) is 37.6 Å². The third-order valence-corrected chi connectivity index (χ3v) is 7.08. The summed E-state index contributed by atoms with van der Waals surface area (Å²) >= 11 is 0. The molecule has 0 saturated carbocycles. The average molecular weight is 449 g/mol. The zero-order chi connectivity index (χ0) is 23.0. The first kappa shape index (κ1) is 21.4. The Morgan fingerprint density at radius 3 is 2.39 bits per heavy atom. The lowest BCUT2D eigenvalue weighted by atomic mass is 9.63. The van der Waals surface area contributed by atoms with E-state index in [1.165, 1.54) is 30.9 Å². The number of carbonyl (C=O) groups is 1. The molecule has 0 bridgehead atoms. The molecule has 0 radical (unpaired) electrons. The van der Waals surface area contributed by atoms with E-state index < -0.39 is 5.82 Å². The van der Waals surface area contributed by atoms with Gasteiger partial charge in [-0.2, -0.15) is 0 Å². The molecule has 170 valence electrons. The molecule has 0 aliphatic carbocycles. The fourth-order valence-corrected chi connectivity index (χ4v) is 5.37. The number of rotatable bonds is 4. The minimum Gasteiger partial charge on any atom is -0.494 e. The highest BCUT2D eigenvalue weighted by Crippen LogP contribution is 2.56. The van der Waals surface area contributed by atoms with E-state index in [4.69, 9.17) is 4.74 Å². The van der Waals surface area contributed by atoms with E-state index in [9.17, 15) is 13.6 Å². The summed E-state index contributed by atoms with van der Waals surface area (Å²) in [6, 6.07) is 21.5. The van der Waals surface area contributed by atoms with Crippen LogP contribution < -0.4 is 9.64 Å². The normalized spacial score (nSPS) is 19.3. The van der Waals surface area contributed by atoms with Gasteiger partial charge in [0.25, 0.3) is 5.91 Å². The Morgan fingerprint density at radius 2 is 1.73 bits per heavy atom. The summed E-state index contributed by atoms with van der Waals surface area (Å²) in [7, 11) is 1.40. The number of ether oxygens (including phenoxy) is 1. The molecular weight excluding hydrogens is 422 g/mol. The van der Waals surface area contributed by atoms with Crippen molar-refractivity contribution in [3.05, 3.63) is 95.6 Å². The summed E-state index contributed by atoms with van der Waals surface area (Å²) in [4.78, 5) is 17.1. The molecule has 6 heteroatoms. The molecule has 2 aliphatic rings. The molecule has 1 amide bonds. The van der Waals surface area contributed by atoms with E-state index in [1.54, 1.807) is 23.1 Å². The van der Waals surface area contributed by atoms with E-state index in [-0.39, 0.29) is 28.9 Å². The molecule has 0 aromatic heterocycles. The van der Waals surface area contributed by atoms with Crippen molar-refractivity contribution >= 4 is 11.6 Å². The second-order valence-electron chi connectivity index (χ2n) is 8.92. The van der Waals surface area contributed by atoms with Crippen LogP contribution in [0.3, 0.4) is 0 Å². The van der Waals surface area contributed by atoms with Crippen LogP contribution >= 0.6 is 0 Å². The van der Waals surface area contributed by atoms with Gasteiger partial charge in [0.05, 0.1) is 13.2 Å². The molecule has 1 atom stereocenters. The van der Waals surface area contributed by atoms with Gasteiger partial charge in [0.1, 0.15) is 5.82 Å². The largest absolute Gasteiger partial charge is 0.494 e. The number of halogens is 2. The zero-order valence-corrected chi connectivity index (χ0v) is 18.5. The van der Waals surface area contributed by atoms with Gasteiger partial charge in [-0.05, 0) is 54.8 Å². The smallest absolute Gasteiger partial charge is 0.253 e. The van der Waals surface area contributed by atoms with E-state index >= 15 is 0 Å². The van der Waals surface area contributed by atoms with Gasteiger partial charge in [-0.3, -0.25) is 4.79 Å². The fraction of sp³-hybridized carbons (Fsp3) is 0.296. The Morgan fingerprint density at radius 1 is 0.970 bits per heavy atom. The number of likely N-dealkylation sites (tertiary alicyclic amines) is 1. The van der Waals surface area contributed by atoms with Gasteiger partial charge in [0, 0.05) is 36.3 Å². The molecule has 2 heterocycles. The minimum absolute atomic E-state index is 0.00953. The van der Waals surface area contributed by atoms with Crippen LogP contribution in [0.25, 0.3) is 0 Å². The molecule has 2 aliphatic heterocycles. The average Bonchev–Trinajstić information content (AvgIpc) is 2.83. The summed E-state index contributed by atoms with van der Waals surface area (Å²) in [6.07, 6.45) is 1.67. The van der Waals surface area contributed by atoms with Gasteiger partial charge < -0.3 is 14.5 Å². The highest BCUT2D eigenvalue weighted by atomic mass is 19.1. The summed E-state index contributed by atoms with van der Waals surface area (Å²) in [5, 5.41) is 0. The number of amides is 1. The van der Waals surface area contributed by atoms with Crippen LogP contribution in [0.1, 0.15) is 34.8 Å². The van der Waals surface area contributed by atoms with Crippen molar-refractivity contribution in [2.45, 2.75) is 18.9 Å². The monoisotopic (exact) mass is 448 g/mol. The maximum absolute atomic E-state index is 14.1. The molecule has 0 N–H and O–H groups in total. The van der Waals surface area contributed by atoms with Crippen LogP contribution in [0, 0.1) is 17.0 Å². The van der Waals surface area contributed by atoms with Crippen LogP contribution in [0.2, 0.25) is 0 Å². The molecule has 33 heavy (non-hydrogen) atoms. The third-order valence-electron chi connectivity index (χ3n) is 7.08. The van der Waals surface area contributed by atoms with Crippen LogP contribution in [0.4, 0.5) is 14.5 Å². The Kier molecular flexibility index (Phi) is 5.52. The number of benzene rings is 3. The lowest BCUT2D eigenvalue weighted by molar-refractivity contribution is 0.0271. The van der Waals surface area contributed by atoms with Gasteiger partial charge in [0.2, 0.25) is 0 Å². The maximum atomic E-state index is 14.1. The van der Waals surface area contributed by atoms with E-state index in [1.807, 2.05) is 24.3 Å². The van der Waals surface area contributed by atoms with Crippen molar-refractivity contribution in [1.82, 2.24) is 4.90 Å². The first-order valence-corrected chi connectivity index (χ1v) is 11.2. The Balaban J connectivity index is 1.35. The molecule has 1 unspecified atom stereocenters. The zero-order valence-electron chi connectivity index (χ0n) is 18.5. The first-order chi connectivity index (χ1) is 16.0. The summed E-state index contributed by atoms with van der Waals surface area (Å²) in [5.41, 5.74) is 2.42. The summed E-state index contributed by atoms with van der Waals surface area (Å²) in [6.45, 7) is 2.02. The second kappa shape index (κ2) is 8.50. The van der Waals surface area contributed by atoms with E-state index in [0.29, 0.717) is 18.7 Å². The number of methoxy groups -OCH3 is 1. The molecule has 4 nitrogen and oxygen atoms in total. The predicted octanol–water partition coefficient (Wildman–Crippen LogP) is 5.46. The van der Waals surface area contributed by atoms with Gasteiger partial charge in [0.15, 0.2) is 11.6 Å². The standard InChI is InChI=1S/C27H26F2N2O2/c1-33-24-11-10-20(16-23(24)29)26(32)30-14-12-27(13-15-30)18-31(22-9-5-8-21(28)17-22)25(27)19-6-3-2-4-7-19/h2-11,16-17,25H,12-15,18H2,1H3. The van der Waals surface area contributed by atoms with Crippen molar-refractivity contribution in [3.8, 4) is 5.75 Å². The van der Waals surface area contributed by atoms with Crippen molar-refractivity contribution in [1.29, 1.82) is 0 Å². The van der Waals surface area contributed by atoms with Gasteiger partial charge >= 0.3 is 0 Å². The van der Waals surface area contributed by atoms with Gasteiger partial charge in [-0.15, -0.1) is 0 Å². The Bertz CT molecular complexity index is 1160. The van der Waals surface area contributed by atoms with Crippen molar-refractivity contribution in [3.63, 3.8) is 0 Å².